The minimum Gasteiger partial charge on any atom is -0.744 e. The Kier molecular flexibility index (Phi) is 33.4. The van der Waals surface area contributed by atoms with E-state index in [9.17, 15) is 98.2 Å². The quantitative estimate of drug-likeness (QED) is 0.0171. The number of aromatic nitrogens is 6. The zero-order valence-electron chi connectivity index (χ0n) is 53.6. The van der Waals surface area contributed by atoms with Gasteiger partial charge in [-0.2, -0.15) is 70.5 Å². The molecule has 0 unspecified atom stereocenters. The van der Waals surface area contributed by atoms with Crippen molar-refractivity contribution >= 4 is 173 Å². The van der Waals surface area contributed by atoms with Crippen LogP contribution in [0.25, 0.3) is 43.1 Å². The molecule has 50 heteroatoms. The summed E-state index contributed by atoms with van der Waals surface area (Å²) >= 11 is 0. The number of phenols is 2. The van der Waals surface area contributed by atoms with Crippen molar-refractivity contribution in [2.45, 2.75) is 29.4 Å². The van der Waals surface area contributed by atoms with Crippen molar-refractivity contribution in [2.24, 2.45) is 20.5 Å². The summed E-state index contributed by atoms with van der Waals surface area (Å²) in [5.41, 5.74) is -3.43. The second-order valence-corrected chi connectivity index (χ2v) is 27.2. The first-order valence-corrected chi connectivity index (χ1v) is 33.6. The predicted molar refractivity (Wildman–Crippen MR) is 315 cm³/mol. The van der Waals surface area contributed by atoms with Gasteiger partial charge >= 0.3 is 248 Å². The predicted octanol–water partition coefficient (Wildman–Crippen LogP) is -17.6. The molecule has 0 saturated heterocycles. The van der Waals surface area contributed by atoms with E-state index in [0.29, 0.717) is 0 Å². The largest absolute Gasteiger partial charge is 1.00 e. The third-order valence-corrected chi connectivity index (χ3v) is 18.4. The van der Waals surface area contributed by atoms with Gasteiger partial charge in [0.15, 0.2) is 0 Å². The summed E-state index contributed by atoms with van der Waals surface area (Å²) in [4.78, 5) is 17.5. The van der Waals surface area contributed by atoms with Crippen LogP contribution in [0.5, 0.6) is 23.5 Å². The zero-order valence-corrected chi connectivity index (χ0v) is 74.5. The van der Waals surface area contributed by atoms with Crippen molar-refractivity contribution in [3.05, 3.63) is 133 Å². The Balaban J connectivity index is 0.00000338. The molecule has 11 rings (SSSR count). The molecule has 2 aromatic heterocycles. The third kappa shape index (κ3) is 21.1. The molecule has 0 aliphatic carbocycles. The number of anilines is 8. The molecule has 36 nitrogen and oxygen atoms in total. The minimum absolute atomic E-state index is 0. The number of nitrogens with one attached hydrogen (secondary N) is 4. The maximum atomic E-state index is 12.6. The molecule has 0 spiro atoms. The van der Waals surface area contributed by atoms with Gasteiger partial charge in [-0.05, 0) is 54.6 Å². The van der Waals surface area contributed by atoms with E-state index in [4.69, 9.17) is 0 Å². The molecule has 8 N–H and O–H groups in total. The molecule has 0 bridgehead atoms. The standard InChI is InChI=1S/C52H34N14O22S6.8Na/c67-43-33(63-64-34-18-15-28-30(45(34)93(83,84)85)5-2-8-37(28)90(74,75)76)17-10-24-20-27(89(71,72)73)22-36(41(24)43)56-50-58-48(60-52(70)62-50)54-26-13-11-25(12-14-26)53-47-57-49(61-51(69)59-47)55-32-7-1-4-23-21-39(92(80,81)82)42(44(68)40(23)32)66-65-35-19-16-29-31(46(35)94(86,87)88)6-3-9-38(29)91(77,78)79;;;;;;;;/h2-16,18-22,67-68H,(H,71,72,73)(H,74,75,76)(H,77,78,79)(H,80,81,82)(H,83,84,85)(H,86,87,88)(H3,53,55,57,59,61,69)(H3,54,56,58,60,62,70);;;;;;;;/q-2;8*+1/p-6. The average molecular weight is 1580 g/mol. The molecule has 0 aliphatic heterocycles. The Labute approximate surface area is 753 Å². The molecule has 0 radical (unpaired) electrons. The van der Waals surface area contributed by atoms with E-state index in [-0.39, 0.29) is 287 Å². The summed E-state index contributed by atoms with van der Waals surface area (Å²) in [5.74, 6) is -3.70. The molecule has 0 saturated carbocycles. The van der Waals surface area contributed by atoms with Crippen molar-refractivity contribution in [1.29, 1.82) is 0 Å². The smallest absolute Gasteiger partial charge is 0.744 e. The molecule has 102 heavy (non-hydrogen) atoms. The van der Waals surface area contributed by atoms with Crippen molar-refractivity contribution in [2.75, 3.05) is 21.3 Å². The van der Waals surface area contributed by atoms with Crippen molar-refractivity contribution in [3.8, 4) is 23.5 Å². The van der Waals surface area contributed by atoms with Gasteiger partial charge in [0, 0.05) is 54.9 Å². The van der Waals surface area contributed by atoms with Gasteiger partial charge in [-0.1, -0.05) is 65.0 Å². The van der Waals surface area contributed by atoms with Crippen LogP contribution in [0.3, 0.4) is 0 Å². The molecule has 0 fully saturated rings. The van der Waals surface area contributed by atoms with E-state index >= 15 is 0 Å². The van der Waals surface area contributed by atoms with Crippen LogP contribution < -0.4 is 258 Å². The first-order chi connectivity index (χ1) is 44.0. The molecule has 0 aliphatic rings. The topological polar surface area (TPSA) is 599 Å². The first-order valence-electron chi connectivity index (χ1n) is 25.2. The molecule has 0 atom stereocenters. The van der Waals surface area contributed by atoms with Gasteiger partial charge in [-0.15, -0.1) is 21.0 Å². The van der Waals surface area contributed by atoms with Gasteiger partial charge in [0.05, 0.1) is 24.5 Å². The molecule has 2 heterocycles. The number of aromatic hydroxyl groups is 4. The van der Waals surface area contributed by atoms with Crippen LogP contribution in [0, 0.1) is 12.1 Å². The Morgan fingerprint density at radius 2 is 0.784 bits per heavy atom. The van der Waals surface area contributed by atoms with Gasteiger partial charge in [0.2, 0.25) is 23.8 Å². The van der Waals surface area contributed by atoms with Crippen molar-refractivity contribution in [1.82, 2.24) is 29.9 Å². The Morgan fingerprint density at radius 3 is 1.22 bits per heavy atom. The van der Waals surface area contributed by atoms with E-state index in [1.165, 1.54) is 30.3 Å². The van der Waals surface area contributed by atoms with Gasteiger partial charge in [-0.25, -0.2) is 50.5 Å². The van der Waals surface area contributed by atoms with Crippen LogP contribution in [0.4, 0.5) is 69.3 Å². The second kappa shape index (κ2) is 36.5. The van der Waals surface area contributed by atoms with Crippen LogP contribution >= 0.6 is 0 Å². The molecule has 11 aromatic rings. The van der Waals surface area contributed by atoms with E-state index in [1.807, 2.05) is 0 Å². The summed E-state index contributed by atoms with van der Waals surface area (Å²) in [6, 6.07) is 23.9. The maximum absolute atomic E-state index is 12.6. The maximum Gasteiger partial charge on any atom is 1.00 e. The molecule has 9 aromatic carbocycles. The van der Waals surface area contributed by atoms with Crippen LogP contribution in [0.15, 0.2) is 171 Å². The molecule has 482 valence electrons. The van der Waals surface area contributed by atoms with E-state index < -0.39 is 175 Å². The fraction of sp³-hybridized carbons (Fsp3) is 0. The fourth-order valence-electron chi connectivity index (χ4n) is 9.39. The minimum atomic E-state index is -5.60. The number of fused-ring (bicyclic) bond motifs is 4. The van der Waals surface area contributed by atoms with E-state index in [2.05, 4.69) is 83.8 Å². The number of nitrogens with zero attached hydrogens (tertiary/aromatic N) is 10. The number of hydrogen-bond acceptors (Lipinski definition) is 36. The van der Waals surface area contributed by atoms with Gasteiger partial charge in [0.25, 0.3) is 0 Å². The van der Waals surface area contributed by atoms with Crippen LogP contribution in [0.1, 0.15) is 0 Å². The molecular weight excluding hydrogens is 1550 g/mol. The number of phenolic OH excluding ortho intramolecular Hbond substituents is 2. The van der Waals surface area contributed by atoms with Crippen molar-refractivity contribution in [3.63, 3.8) is 0 Å². The Morgan fingerprint density at radius 1 is 0.373 bits per heavy atom. The second-order valence-electron chi connectivity index (χ2n) is 19.1. The van der Waals surface area contributed by atoms with Crippen LogP contribution in [-0.4, -0.2) is 128 Å². The summed E-state index contributed by atoms with van der Waals surface area (Å²) in [6.45, 7) is 0. The SMILES string of the molecule is O=S(=O)([O-])c1cc(Nc2nc(O)nc(Nc3ccc(Nc4nc(O)nc(Nc5c[c-]cc6cc(S(=O)(=O)[O-])c(N=Nc7ccc8c(S(=O)(=O)[O-])cccc8c7S(=O)(=O)[O-])c(O)c56)n4)cc3)n2)c2c(O)c(N=Nc3ccc4c(S(=O)(=O)[O-])cccc4c3S(=O)(=O)[O-])[c-]cc2c1.[Na+].[Na+].[Na+].[Na+].[Na+].[Na+].[Na+].[Na+]. The number of hydrogen-bond donors (Lipinski definition) is 8. The van der Waals surface area contributed by atoms with Gasteiger partial charge in [-0.3, -0.25) is 0 Å². The summed E-state index contributed by atoms with van der Waals surface area (Å²) < 4.78 is 222. The average Bonchev–Trinajstić information content (AvgIpc) is 0.768. The normalized spacial score (nSPS) is 11.7. The van der Waals surface area contributed by atoms with Crippen molar-refractivity contribution < 1.29 is 335 Å². The molecule has 0 amide bonds. The third-order valence-electron chi connectivity index (χ3n) is 13.1. The summed E-state index contributed by atoms with van der Waals surface area (Å²) in [6.07, 6.45) is 0. The summed E-state index contributed by atoms with van der Waals surface area (Å²) in [5, 5.41) is 67.0. The number of azo groups is 2. The summed E-state index contributed by atoms with van der Waals surface area (Å²) in [7, 11) is -32.3. The van der Waals surface area contributed by atoms with Crippen LogP contribution in [-0.2, 0) is 60.7 Å². The monoisotopic (exact) mass is 1580 g/mol. The van der Waals surface area contributed by atoms with Crippen LogP contribution in [0.2, 0.25) is 0 Å². The Hall–Kier alpha value is -2.90. The number of benzene rings is 9. The van der Waals surface area contributed by atoms with E-state index in [0.717, 1.165) is 91.0 Å². The Bertz CT molecular complexity index is 5920. The zero-order chi connectivity index (χ0) is 67.8. The van der Waals surface area contributed by atoms with Gasteiger partial charge in [0.1, 0.15) is 83.5 Å². The van der Waals surface area contributed by atoms with E-state index in [1.54, 1.807) is 0 Å². The first kappa shape index (κ1) is 93.3. The van der Waals surface area contributed by atoms with Gasteiger partial charge < -0.3 is 69.0 Å². The number of rotatable bonds is 18. The molecular formula is C52H28N14Na8O22S6. The fourth-order valence-corrected chi connectivity index (χ4v) is 13.6.